The zero-order valence-corrected chi connectivity index (χ0v) is 12.9. The van der Waals surface area contributed by atoms with Crippen LogP contribution in [0.4, 0.5) is 5.69 Å². The first-order chi connectivity index (χ1) is 9.34. The number of halogens is 2. The fraction of sp³-hybridized carbons (Fsp3) is 0.364. The molecule has 0 saturated carbocycles. The van der Waals surface area contributed by atoms with Crippen molar-refractivity contribution in [2.24, 2.45) is 0 Å². The van der Waals surface area contributed by atoms with Crippen LogP contribution in [0.1, 0.15) is 0 Å². The lowest BCUT2D eigenvalue weighted by Crippen LogP contribution is -2.19. The Balaban J connectivity index is 2.63. The van der Waals surface area contributed by atoms with Crippen LogP contribution in [0, 0.1) is 0 Å². The van der Waals surface area contributed by atoms with E-state index in [4.69, 9.17) is 31.8 Å². The predicted molar refractivity (Wildman–Crippen MR) is 75.8 cm³/mol. The maximum absolute atomic E-state index is 11.5. The molecular weight excluding hydrogens is 329 g/mol. The Kier molecular flexibility index (Phi) is 6.70. The van der Waals surface area contributed by atoms with Crippen LogP contribution in [0.15, 0.2) is 23.1 Å². The second-order valence-electron chi connectivity index (χ2n) is 3.67. The van der Waals surface area contributed by atoms with Gasteiger partial charge in [0.05, 0.1) is 28.8 Å². The van der Waals surface area contributed by atoms with E-state index in [1.807, 2.05) is 0 Å². The number of hydrogen-bond acceptors (Lipinski definition) is 5. The Morgan fingerprint density at radius 2 is 2.05 bits per heavy atom. The fourth-order valence-electron chi connectivity index (χ4n) is 1.24. The van der Waals surface area contributed by atoms with Crippen LogP contribution < -0.4 is 5.32 Å². The van der Waals surface area contributed by atoms with Gasteiger partial charge in [-0.3, -0.25) is 4.79 Å². The van der Waals surface area contributed by atoms with Gasteiger partial charge in [0.2, 0.25) is 5.91 Å². The quantitative estimate of drug-likeness (QED) is 0.604. The molecule has 0 unspecified atom stereocenters. The zero-order chi connectivity index (χ0) is 15.2. The minimum absolute atomic E-state index is 0.0666. The number of methoxy groups -OCH3 is 1. The van der Waals surface area contributed by atoms with Crippen molar-refractivity contribution in [1.82, 2.24) is 0 Å². The summed E-state index contributed by atoms with van der Waals surface area (Å²) in [7, 11) is 2.85. The summed E-state index contributed by atoms with van der Waals surface area (Å²) in [5, 5.41) is 2.56. The molecule has 0 fully saturated rings. The summed E-state index contributed by atoms with van der Waals surface area (Å²) in [6, 6.07) is 3.76. The minimum Gasteiger partial charge on any atom is -0.382 e. The number of amides is 1. The molecule has 9 heteroatoms. The highest BCUT2D eigenvalue weighted by Gasteiger charge is 2.13. The molecule has 0 spiro atoms. The third-order valence-electron chi connectivity index (χ3n) is 2.16. The second kappa shape index (κ2) is 7.80. The van der Waals surface area contributed by atoms with Gasteiger partial charge in [-0.05, 0) is 18.2 Å². The Bertz CT molecular complexity index is 576. The Labute approximate surface area is 126 Å². The summed E-state index contributed by atoms with van der Waals surface area (Å²) < 4.78 is 32.0. The van der Waals surface area contributed by atoms with Gasteiger partial charge in [0.15, 0.2) is 0 Å². The fourth-order valence-corrected chi connectivity index (χ4v) is 2.31. The molecule has 112 valence electrons. The SMILES string of the molecule is COCCOCC(=O)Nc1ccc(S(=O)(=O)Cl)cc1Cl. The molecule has 0 aliphatic rings. The number of carbonyl (C=O) groups is 1. The molecule has 0 atom stereocenters. The van der Waals surface area contributed by atoms with E-state index < -0.39 is 15.0 Å². The van der Waals surface area contributed by atoms with Gasteiger partial charge in [-0.1, -0.05) is 11.6 Å². The van der Waals surface area contributed by atoms with Crippen LogP contribution in [0.2, 0.25) is 5.02 Å². The number of rotatable bonds is 7. The van der Waals surface area contributed by atoms with Crippen molar-refractivity contribution < 1.29 is 22.7 Å². The smallest absolute Gasteiger partial charge is 0.261 e. The van der Waals surface area contributed by atoms with Crippen LogP contribution in [0.5, 0.6) is 0 Å². The Morgan fingerprint density at radius 1 is 1.35 bits per heavy atom. The lowest BCUT2D eigenvalue weighted by molar-refractivity contribution is -0.121. The number of ether oxygens (including phenoxy) is 2. The Hall–Kier alpha value is -0.860. The van der Waals surface area contributed by atoms with E-state index in [2.05, 4.69) is 5.32 Å². The van der Waals surface area contributed by atoms with Crippen molar-refractivity contribution in [3.05, 3.63) is 23.2 Å². The normalized spacial score (nSPS) is 11.3. The van der Waals surface area contributed by atoms with Gasteiger partial charge in [-0.15, -0.1) is 0 Å². The first-order valence-corrected chi connectivity index (χ1v) is 8.14. The minimum atomic E-state index is -3.85. The molecule has 0 heterocycles. The highest BCUT2D eigenvalue weighted by atomic mass is 35.7. The molecule has 1 rings (SSSR count). The molecular formula is C11H13Cl2NO5S. The predicted octanol–water partition coefficient (Wildman–Crippen LogP) is 1.87. The van der Waals surface area contributed by atoms with Crippen molar-refractivity contribution in [3.8, 4) is 0 Å². The van der Waals surface area contributed by atoms with Crippen LogP contribution >= 0.6 is 22.3 Å². The van der Waals surface area contributed by atoms with Gasteiger partial charge in [0.25, 0.3) is 9.05 Å². The molecule has 0 saturated heterocycles. The van der Waals surface area contributed by atoms with Crippen molar-refractivity contribution >= 4 is 42.9 Å². The number of nitrogens with one attached hydrogen (secondary N) is 1. The van der Waals surface area contributed by atoms with Gasteiger partial charge < -0.3 is 14.8 Å². The molecule has 0 aliphatic heterocycles. The largest absolute Gasteiger partial charge is 0.382 e. The van der Waals surface area contributed by atoms with Crippen LogP contribution in [0.3, 0.4) is 0 Å². The van der Waals surface area contributed by atoms with E-state index in [-0.39, 0.29) is 22.2 Å². The monoisotopic (exact) mass is 341 g/mol. The molecule has 1 aromatic carbocycles. The molecule has 6 nitrogen and oxygen atoms in total. The first-order valence-electron chi connectivity index (χ1n) is 5.45. The van der Waals surface area contributed by atoms with E-state index in [0.29, 0.717) is 13.2 Å². The third kappa shape index (κ3) is 5.64. The van der Waals surface area contributed by atoms with Gasteiger partial charge in [-0.25, -0.2) is 8.42 Å². The van der Waals surface area contributed by atoms with Gasteiger partial charge >= 0.3 is 0 Å². The topological polar surface area (TPSA) is 81.7 Å². The van der Waals surface area contributed by atoms with Crippen LogP contribution in [0.25, 0.3) is 0 Å². The number of benzene rings is 1. The van der Waals surface area contributed by atoms with Crippen molar-refractivity contribution in [2.45, 2.75) is 4.90 Å². The standard InChI is InChI=1S/C11H13Cl2NO5S/c1-18-4-5-19-7-11(15)14-10-3-2-8(6-9(10)12)20(13,16)17/h2-3,6H,4-5,7H2,1H3,(H,14,15). The molecule has 1 N–H and O–H groups in total. The van der Waals surface area contributed by atoms with Crippen molar-refractivity contribution in [1.29, 1.82) is 0 Å². The molecule has 0 bridgehead atoms. The average molecular weight is 342 g/mol. The Morgan fingerprint density at radius 3 is 2.60 bits per heavy atom. The molecule has 20 heavy (non-hydrogen) atoms. The molecule has 1 aromatic rings. The highest BCUT2D eigenvalue weighted by molar-refractivity contribution is 8.13. The summed E-state index contributed by atoms with van der Waals surface area (Å²) in [6.07, 6.45) is 0. The van der Waals surface area contributed by atoms with Crippen molar-refractivity contribution in [2.75, 3.05) is 32.2 Å². The second-order valence-corrected chi connectivity index (χ2v) is 6.65. The van der Waals surface area contributed by atoms with E-state index in [1.165, 1.54) is 19.2 Å². The van der Waals surface area contributed by atoms with Gasteiger partial charge in [0, 0.05) is 17.8 Å². The summed E-state index contributed by atoms with van der Waals surface area (Å²) in [5.41, 5.74) is 0.274. The molecule has 1 amide bonds. The van der Waals surface area contributed by atoms with Crippen molar-refractivity contribution in [3.63, 3.8) is 0 Å². The lowest BCUT2D eigenvalue weighted by Gasteiger charge is -2.08. The van der Waals surface area contributed by atoms with E-state index in [0.717, 1.165) is 6.07 Å². The number of anilines is 1. The highest BCUT2D eigenvalue weighted by Crippen LogP contribution is 2.26. The molecule has 0 aliphatic carbocycles. The summed E-state index contributed by atoms with van der Waals surface area (Å²) >= 11 is 5.86. The van der Waals surface area contributed by atoms with E-state index in [1.54, 1.807) is 0 Å². The third-order valence-corrected chi connectivity index (χ3v) is 3.83. The number of carbonyl (C=O) groups excluding carboxylic acids is 1. The summed E-state index contributed by atoms with van der Waals surface area (Å²) in [5.74, 6) is -0.413. The zero-order valence-electron chi connectivity index (χ0n) is 10.6. The van der Waals surface area contributed by atoms with Gasteiger partial charge in [-0.2, -0.15) is 0 Å². The van der Waals surface area contributed by atoms with E-state index in [9.17, 15) is 13.2 Å². The van der Waals surface area contributed by atoms with Crippen LogP contribution in [-0.2, 0) is 23.3 Å². The molecule has 0 radical (unpaired) electrons. The number of hydrogen-bond donors (Lipinski definition) is 1. The summed E-state index contributed by atoms with van der Waals surface area (Å²) in [4.78, 5) is 11.4. The average Bonchev–Trinajstić information content (AvgIpc) is 2.36. The lowest BCUT2D eigenvalue weighted by atomic mass is 10.3. The maximum Gasteiger partial charge on any atom is 0.261 e. The maximum atomic E-state index is 11.5. The summed E-state index contributed by atoms with van der Waals surface area (Å²) in [6.45, 7) is 0.520. The first kappa shape index (κ1) is 17.2. The van der Waals surface area contributed by atoms with Gasteiger partial charge in [0.1, 0.15) is 6.61 Å². The van der Waals surface area contributed by atoms with E-state index >= 15 is 0 Å². The molecule has 0 aromatic heterocycles. The van der Waals surface area contributed by atoms with Crippen LogP contribution in [-0.4, -0.2) is 41.3 Å².